The van der Waals surface area contributed by atoms with Crippen molar-refractivity contribution >= 4 is 11.6 Å². The number of nitrogens with two attached hydrogens (primary N) is 1. The summed E-state index contributed by atoms with van der Waals surface area (Å²) in [6.45, 7) is 1.98. The molecule has 0 spiro atoms. The highest BCUT2D eigenvalue weighted by atomic mass is 16.1. The molecule has 0 saturated carbocycles. The summed E-state index contributed by atoms with van der Waals surface area (Å²) in [5.74, 6) is -0.213. The lowest BCUT2D eigenvalue weighted by Crippen LogP contribution is -2.18. The number of aromatic nitrogens is 2. The van der Waals surface area contributed by atoms with Crippen molar-refractivity contribution in [3.63, 3.8) is 0 Å². The van der Waals surface area contributed by atoms with Gasteiger partial charge >= 0.3 is 0 Å². The Morgan fingerprint density at radius 2 is 2.18 bits per heavy atom. The van der Waals surface area contributed by atoms with Crippen molar-refractivity contribution in [3.8, 4) is 5.69 Å². The van der Waals surface area contributed by atoms with Crippen LogP contribution in [0, 0.1) is 6.92 Å². The number of rotatable bonds is 2. The van der Waals surface area contributed by atoms with E-state index in [0.29, 0.717) is 11.4 Å². The zero-order chi connectivity index (χ0) is 12.4. The fraction of sp³-hybridized carbons (Fsp3) is 0.167. The maximum absolute atomic E-state index is 11.4. The number of aryl methyl sites for hydroxylation is 1. The number of benzene rings is 1. The van der Waals surface area contributed by atoms with E-state index >= 15 is 0 Å². The summed E-state index contributed by atoms with van der Waals surface area (Å²) in [6.07, 6.45) is 1.72. The Hall–Kier alpha value is -2.30. The fourth-order valence-corrected chi connectivity index (χ4v) is 1.56. The van der Waals surface area contributed by atoms with Gasteiger partial charge in [0, 0.05) is 13.2 Å². The van der Waals surface area contributed by atoms with Crippen LogP contribution in [0.2, 0.25) is 0 Å². The first-order valence-electron chi connectivity index (χ1n) is 5.26. The Kier molecular flexibility index (Phi) is 2.82. The molecule has 0 aliphatic rings. The van der Waals surface area contributed by atoms with Crippen LogP contribution in [0.1, 0.15) is 16.1 Å². The van der Waals surface area contributed by atoms with E-state index in [1.165, 1.54) is 0 Å². The molecule has 3 N–H and O–H groups in total. The molecular weight excluding hydrogens is 216 g/mol. The van der Waals surface area contributed by atoms with Gasteiger partial charge in [0.2, 0.25) is 0 Å². The van der Waals surface area contributed by atoms with Crippen molar-refractivity contribution in [2.24, 2.45) is 0 Å². The molecule has 5 nitrogen and oxygen atoms in total. The van der Waals surface area contributed by atoms with Crippen molar-refractivity contribution in [1.29, 1.82) is 0 Å². The lowest BCUT2D eigenvalue weighted by atomic mass is 10.2. The number of hydrogen-bond donors (Lipinski definition) is 2. The van der Waals surface area contributed by atoms with Crippen LogP contribution < -0.4 is 11.1 Å². The Labute approximate surface area is 99.2 Å². The van der Waals surface area contributed by atoms with Crippen LogP contribution in [0.4, 0.5) is 5.69 Å². The summed E-state index contributed by atoms with van der Waals surface area (Å²) in [5.41, 5.74) is 8.74. The van der Waals surface area contributed by atoms with Gasteiger partial charge in [-0.3, -0.25) is 4.79 Å². The first-order valence-corrected chi connectivity index (χ1v) is 5.26. The standard InChI is InChI=1S/C12H14N4O/c1-8-3-4-9(13)11(7-8)16-6-5-10(15-16)12(17)14-2/h3-7H,13H2,1-2H3,(H,14,17). The molecule has 88 valence electrons. The third-order valence-corrected chi connectivity index (χ3v) is 2.48. The van der Waals surface area contributed by atoms with Crippen molar-refractivity contribution < 1.29 is 4.79 Å². The first kappa shape index (κ1) is 11.2. The van der Waals surface area contributed by atoms with Gasteiger partial charge in [0.15, 0.2) is 5.69 Å². The first-order chi connectivity index (χ1) is 8.11. The Morgan fingerprint density at radius 3 is 2.88 bits per heavy atom. The van der Waals surface area contributed by atoms with Gasteiger partial charge in [-0.2, -0.15) is 5.10 Å². The van der Waals surface area contributed by atoms with Gasteiger partial charge in [0.05, 0.1) is 11.4 Å². The summed E-state index contributed by atoms with van der Waals surface area (Å²) >= 11 is 0. The largest absolute Gasteiger partial charge is 0.397 e. The van der Waals surface area contributed by atoms with E-state index in [9.17, 15) is 4.79 Å². The Morgan fingerprint density at radius 1 is 1.41 bits per heavy atom. The molecule has 0 fully saturated rings. The number of anilines is 1. The smallest absolute Gasteiger partial charge is 0.271 e. The van der Waals surface area contributed by atoms with Crippen molar-refractivity contribution in [2.45, 2.75) is 6.92 Å². The highest BCUT2D eigenvalue weighted by Crippen LogP contribution is 2.18. The van der Waals surface area contributed by atoms with Crippen LogP contribution >= 0.6 is 0 Å². The number of carbonyl (C=O) groups is 1. The molecule has 1 heterocycles. The van der Waals surface area contributed by atoms with Crippen LogP contribution in [-0.2, 0) is 0 Å². The number of nitrogens with zero attached hydrogens (tertiary/aromatic N) is 2. The zero-order valence-electron chi connectivity index (χ0n) is 9.77. The van der Waals surface area contributed by atoms with Gasteiger partial charge in [-0.1, -0.05) is 6.07 Å². The number of nitrogens with one attached hydrogen (secondary N) is 1. The van der Waals surface area contributed by atoms with Crippen LogP contribution in [0.15, 0.2) is 30.5 Å². The second-order valence-electron chi connectivity index (χ2n) is 3.79. The lowest BCUT2D eigenvalue weighted by molar-refractivity contribution is 0.0957. The minimum atomic E-state index is -0.213. The van der Waals surface area contributed by atoms with E-state index in [1.807, 2.05) is 25.1 Å². The molecule has 2 aromatic rings. The van der Waals surface area contributed by atoms with Gasteiger partial charge in [-0.05, 0) is 30.7 Å². The molecule has 0 aliphatic heterocycles. The lowest BCUT2D eigenvalue weighted by Gasteiger charge is -2.06. The van der Waals surface area contributed by atoms with E-state index in [4.69, 9.17) is 5.73 Å². The fourth-order valence-electron chi connectivity index (χ4n) is 1.56. The quantitative estimate of drug-likeness (QED) is 0.759. The average molecular weight is 230 g/mol. The highest BCUT2D eigenvalue weighted by molar-refractivity contribution is 5.91. The van der Waals surface area contributed by atoms with Gasteiger partial charge in [-0.25, -0.2) is 4.68 Å². The Bertz CT molecular complexity index is 559. The molecule has 1 aromatic heterocycles. The third kappa shape index (κ3) is 2.13. The number of amides is 1. The molecule has 0 saturated heterocycles. The molecule has 0 aliphatic carbocycles. The van der Waals surface area contributed by atoms with Gasteiger partial charge in [-0.15, -0.1) is 0 Å². The summed E-state index contributed by atoms with van der Waals surface area (Å²) in [5, 5.41) is 6.70. The predicted octanol–water partition coefficient (Wildman–Crippen LogP) is 1.12. The molecule has 1 amide bonds. The summed E-state index contributed by atoms with van der Waals surface area (Å²) < 4.78 is 1.60. The molecule has 1 aromatic carbocycles. The average Bonchev–Trinajstić information content (AvgIpc) is 2.80. The van der Waals surface area contributed by atoms with Crippen LogP contribution in [-0.4, -0.2) is 22.7 Å². The second-order valence-corrected chi connectivity index (χ2v) is 3.79. The minimum Gasteiger partial charge on any atom is -0.397 e. The van der Waals surface area contributed by atoms with Crippen LogP contribution in [0.5, 0.6) is 0 Å². The predicted molar refractivity (Wildman–Crippen MR) is 66.1 cm³/mol. The Balaban J connectivity index is 2.43. The van der Waals surface area contributed by atoms with E-state index < -0.39 is 0 Å². The minimum absolute atomic E-state index is 0.213. The van der Waals surface area contributed by atoms with Gasteiger partial charge in [0.1, 0.15) is 0 Å². The molecule has 0 bridgehead atoms. The number of carbonyl (C=O) groups excluding carboxylic acids is 1. The summed E-state index contributed by atoms with van der Waals surface area (Å²) in [4.78, 5) is 11.4. The maximum atomic E-state index is 11.4. The van der Waals surface area contributed by atoms with E-state index in [1.54, 1.807) is 24.0 Å². The highest BCUT2D eigenvalue weighted by Gasteiger charge is 2.09. The maximum Gasteiger partial charge on any atom is 0.271 e. The van der Waals surface area contributed by atoms with Gasteiger partial charge in [0.25, 0.3) is 5.91 Å². The van der Waals surface area contributed by atoms with E-state index in [2.05, 4.69) is 10.4 Å². The third-order valence-electron chi connectivity index (χ3n) is 2.48. The summed E-state index contributed by atoms with van der Waals surface area (Å²) in [6, 6.07) is 7.34. The van der Waals surface area contributed by atoms with Crippen LogP contribution in [0.25, 0.3) is 5.69 Å². The number of nitrogen functional groups attached to an aromatic ring is 1. The monoisotopic (exact) mass is 230 g/mol. The number of hydrogen-bond acceptors (Lipinski definition) is 3. The molecule has 0 unspecified atom stereocenters. The molecular formula is C12H14N4O. The van der Waals surface area contributed by atoms with E-state index in [-0.39, 0.29) is 5.91 Å². The molecule has 0 radical (unpaired) electrons. The van der Waals surface area contributed by atoms with Crippen LogP contribution in [0.3, 0.4) is 0 Å². The zero-order valence-corrected chi connectivity index (χ0v) is 9.77. The van der Waals surface area contributed by atoms with Crippen molar-refractivity contribution in [2.75, 3.05) is 12.8 Å². The molecule has 5 heteroatoms. The molecule has 0 atom stereocenters. The van der Waals surface area contributed by atoms with E-state index in [0.717, 1.165) is 11.3 Å². The normalized spacial score (nSPS) is 10.2. The molecule has 17 heavy (non-hydrogen) atoms. The van der Waals surface area contributed by atoms with Gasteiger partial charge < -0.3 is 11.1 Å². The summed E-state index contributed by atoms with van der Waals surface area (Å²) in [7, 11) is 1.57. The molecule has 2 rings (SSSR count). The van der Waals surface area contributed by atoms with Crippen molar-refractivity contribution in [3.05, 3.63) is 41.7 Å². The topological polar surface area (TPSA) is 72.9 Å². The van der Waals surface area contributed by atoms with Crippen molar-refractivity contribution in [1.82, 2.24) is 15.1 Å². The SMILES string of the molecule is CNC(=O)c1ccn(-c2cc(C)ccc2N)n1. The second kappa shape index (κ2) is 4.29.